The number of amides is 1. The Labute approximate surface area is 106 Å². The lowest BCUT2D eigenvalue weighted by Gasteiger charge is -2.29. The van der Waals surface area contributed by atoms with Crippen LogP contribution in [0.5, 0.6) is 0 Å². The molecular weight excluding hydrogens is 245 g/mol. The van der Waals surface area contributed by atoms with Crippen molar-refractivity contribution in [2.45, 2.75) is 51.2 Å². The fourth-order valence-corrected chi connectivity index (χ4v) is 2.16. The van der Waals surface area contributed by atoms with Crippen molar-refractivity contribution in [2.75, 3.05) is 19.6 Å². The smallest absolute Gasteiger partial charge is 0.346 e. The first-order chi connectivity index (χ1) is 8.40. The maximum absolute atomic E-state index is 12.0. The van der Waals surface area contributed by atoms with Gasteiger partial charge in [-0.15, -0.1) is 0 Å². The molecule has 6 heteroatoms. The number of nitrogens with zero attached hydrogens (tertiary/aromatic N) is 1. The van der Waals surface area contributed by atoms with Gasteiger partial charge in [-0.25, -0.2) is 0 Å². The van der Waals surface area contributed by atoms with Gasteiger partial charge in [-0.05, 0) is 32.9 Å². The van der Waals surface area contributed by atoms with Crippen molar-refractivity contribution >= 4 is 5.91 Å². The Kier molecular flexibility index (Phi) is 5.91. The summed E-state index contributed by atoms with van der Waals surface area (Å²) in [7, 11) is 0. The van der Waals surface area contributed by atoms with Gasteiger partial charge in [0.05, 0.1) is 6.04 Å². The fraction of sp³-hybridized carbons (Fsp3) is 0.917. The second kappa shape index (κ2) is 6.97. The summed E-state index contributed by atoms with van der Waals surface area (Å²) >= 11 is 0. The number of likely N-dealkylation sites (tertiary alicyclic amines) is 1. The third kappa shape index (κ3) is 5.71. The van der Waals surface area contributed by atoms with E-state index in [9.17, 15) is 18.0 Å². The molecule has 1 unspecified atom stereocenters. The van der Waals surface area contributed by atoms with E-state index in [2.05, 4.69) is 0 Å². The fourth-order valence-electron chi connectivity index (χ4n) is 2.16. The molecule has 0 aromatic heterocycles. The quantitative estimate of drug-likeness (QED) is 0.850. The van der Waals surface area contributed by atoms with Gasteiger partial charge in [0.2, 0.25) is 5.91 Å². The van der Waals surface area contributed by atoms with E-state index >= 15 is 0 Å². The Morgan fingerprint density at radius 2 is 1.67 bits per heavy atom. The van der Waals surface area contributed by atoms with Crippen LogP contribution in [0.3, 0.4) is 0 Å². The molecule has 1 saturated heterocycles. The lowest BCUT2D eigenvalue weighted by molar-refractivity contribution is -0.141. The first kappa shape index (κ1) is 15.3. The molecule has 0 spiro atoms. The SMILES string of the molecule is CC(C(=O)NCC(F)(F)F)N1CCCCCCC1. The lowest BCUT2D eigenvalue weighted by Crippen LogP contribution is -2.48. The number of nitrogens with one attached hydrogen (secondary N) is 1. The monoisotopic (exact) mass is 266 g/mol. The summed E-state index contributed by atoms with van der Waals surface area (Å²) in [6.07, 6.45) is 1.16. The van der Waals surface area contributed by atoms with Crippen LogP contribution in [0.15, 0.2) is 0 Å². The van der Waals surface area contributed by atoms with Gasteiger partial charge in [0.1, 0.15) is 6.54 Å². The highest BCUT2D eigenvalue weighted by Crippen LogP contribution is 2.14. The molecule has 1 fully saturated rings. The number of carbonyl (C=O) groups excluding carboxylic acids is 1. The van der Waals surface area contributed by atoms with Gasteiger partial charge in [-0.2, -0.15) is 13.2 Å². The van der Waals surface area contributed by atoms with E-state index in [4.69, 9.17) is 0 Å². The molecular formula is C12H21F3N2O. The summed E-state index contributed by atoms with van der Waals surface area (Å²) in [5, 5.41) is 1.95. The van der Waals surface area contributed by atoms with E-state index in [-0.39, 0.29) is 0 Å². The highest BCUT2D eigenvalue weighted by molar-refractivity contribution is 5.81. The minimum Gasteiger partial charge on any atom is -0.346 e. The van der Waals surface area contributed by atoms with Crippen molar-refractivity contribution in [2.24, 2.45) is 0 Å². The predicted molar refractivity (Wildman–Crippen MR) is 63.2 cm³/mol. The molecule has 1 aliphatic rings. The van der Waals surface area contributed by atoms with Gasteiger partial charge in [0, 0.05) is 0 Å². The number of carbonyl (C=O) groups is 1. The molecule has 106 valence electrons. The van der Waals surface area contributed by atoms with Gasteiger partial charge in [0.15, 0.2) is 0 Å². The van der Waals surface area contributed by atoms with Crippen LogP contribution in [0.1, 0.15) is 39.0 Å². The Balaban J connectivity index is 2.40. The Morgan fingerprint density at radius 3 is 2.17 bits per heavy atom. The van der Waals surface area contributed by atoms with E-state index in [0.717, 1.165) is 38.8 Å². The number of hydrogen-bond donors (Lipinski definition) is 1. The van der Waals surface area contributed by atoms with Gasteiger partial charge in [-0.3, -0.25) is 9.69 Å². The first-order valence-corrected chi connectivity index (χ1v) is 6.48. The molecule has 0 aromatic carbocycles. The average molecular weight is 266 g/mol. The molecule has 1 amide bonds. The molecule has 1 aliphatic heterocycles. The van der Waals surface area contributed by atoms with Crippen molar-refractivity contribution in [3.63, 3.8) is 0 Å². The molecule has 0 bridgehead atoms. The average Bonchev–Trinajstić information content (AvgIpc) is 2.23. The van der Waals surface area contributed by atoms with Crippen LogP contribution in [0.2, 0.25) is 0 Å². The predicted octanol–water partition coefficient (Wildman–Crippen LogP) is 2.32. The zero-order valence-electron chi connectivity index (χ0n) is 10.7. The third-order valence-electron chi connectivity index (χ3n) is 3.28. The molecule has 0 aromatic rings. The van der Waals surface area contributed by atoms with Crippen LogP contribution < -0.4 is 5.32 Å². The minimum atomic E-state index is -4.34. The number of halogens is 3. The van der Waals surface area contributed by atoms with Gasteiger partial charge < -0.3 is 5.32 Å². The molecule has 0 aliphatic carbocycles. The third-order valence-corrected chi connectivity index (χ3v) is 3.28. The van der Waals surface area contributed by atoms with Crippen LogP contribution >= 0.6 is 0 Å². The summed E-state index contributed by atoms with van der Waals surface area (Å²) in [5.41, 5.74) is 0. The van der Waals surface area contributed by atoms with Gasteiger partial charge in [0.25, 0.3) is 0 Å². The number of rotatable bonds is 3. The van der Waals surface area contributed by atoms with Crippen LogP contribution in [0.25, 0.3) is 0 Å². The molecule has 1 N–H and O–H groups in total. The van der Waals surface area contributed by atoms with Gasteiger partial charge in [-0.1, -0.05) is 19.3 Å². The van der Waals surface area contributed by atoms with Crippen LogP contribution in [-0.4, -0.2) is 42.7 Å². The van der Waals surface area contributed by atoms with Crippen LogP contribution in [0.4, 0.5) is 13.2 Å². The molecule has 18 heavy (non-hydrogen) atoms. The Morgan fingerprint density at radius 1 is 1.17 bits per heavy atom. The molecule has 1 rings (SSSR count). The minimum absolute atomic E-state index is 0.481. The van der Waals surface area contributed by atoms with Crippen molar-refractivity contribution in [3.05, 3.63) is 0 Å². The zero-order valence-corrected chi connectivity index (χ0v) is 10.7. The van der Waals surface area contributed by atoms with Crippen molar-refractivity contribution in [1.29, 1.82) is 0 Å². The van der Waals surface area contributed by atoms with E-state index in [0.29, 0.717) is 0 Å². The highest BCUT2D eigenvalue weighted by Gasteiger charge is 2.30. The summed E-state index contributed by atoms with van der Waals surface area (Å²) in [4.78, 5) is 13.6. The summed E-state index contributed by atoms with van der Waals surface area (Å²) in [6, 6.07) is -0.481. The standard InChI is InChI=1S/C12H21F3N2O/c1-10(11(18)16-9-12(13,14)15)17-7-5-3-2-4-6-8-17/h10H,2-9H2,1H3,(H,16,18). The summed E-state index contributed by atoms with van der Waals surface area (Å²) in [5.74, 6) is -0.534. The highest BCUT2D eigenvalue weighted by atomic mass is 19.4. The van der Waals surface area contributed by atoms with Gasteiger partial charge >= 0.3 is 6.18 Å². The zero-order chi connectivity index (χ0) is 13.6. The summed E-state index contributed by atoms with van der Waals surface area (Å²) < 4.78 is 36.0. The topological polar surface area (TPSA) is 32.3 Å². The molecule has 0 saturated carbocycles. The van der Waals surface area contributed by atoms with Crippen LogP contribution in [0, 0.1) is 0 Å². The van der Waals surface area contributed by atoms with E-state index in [1.165, 1.54) is 6.42 Å². The Hall–Kier alpha value is -0.780. The van der Waals surface area contributed by atoms with Crippen molar-refractivity contribution in [3.8, 4) is 0 Å². The second-order valence-corrected chi connectivity index (χ2v) is 4.81. The summed E-state index contributed by atoms with van der Waals surface area (Å²) in [6.45, 7) is 2.01. The first-order valence-electron chi connectivity index (χ1n) is 6.48. The van der Waals surface area contributed by atoms with Crippen molar-refractivity contribution < 1.29 is 18.0 Å². The maximum atomic E-state index is 12.0. The molecule has 0 radical (unpaired) electrons. The van der Waals surface area contributed by atoms with Crippen molar-refractivity contribution in [1.82, 2.24) is 10.2 Å². The number of alkyl halides is 3. The lowest BCUT2D eigenvalue weighted by atomic mass is 10.1. The molecule has 1 heterocycles. The van der Waals surface area contributed by atoms with E-state index in [1.54, 1.807) is 6.92 Å². The van der Waals surface area contributed by atoms with E-state index < -0.39 is 24.7 Å². The number of hydrogen-bond acceptors (Lipinski definition) is 2. The Bertz CT molecular complexity index is 261. The largest absolute Gasteiger partial charge is 0.405 e. The molecule has 3 nitrogen and oxygen atoms in total. The second-order valence-electron chi connectivity index (χ2n) is 4.81. The van der Waals surface area contributed by atoms with E-state index in [1.807, 2.05) is 10.2 Å². The van der Waals surface area contributed by atoms with Crippen LogP contribution in [-0.2, 0) is 4.79 Å². The molecule has 1 atom stereocenters. The maximum Gasteiger partial charge on any atom is 0.405 e. The normalized spacial score (nSPS) is 20.9.